The molecular weight excluding hydrogens is 379 g/mol. The average Bonchev–Trinajstić information content (AvgIpc) is 3.08. The van der Waals surface area contributed by atoms with Gasteiger partial charge in [-0.15, -0.1) is 11.3 Å². The number of rotatable bonds is 3. The molecule has 0 saturated heterocycles. The Kier molecular flexibility index (Phi) is 4.01. The quantitative estimate of drug-likeness (QED) is 0.560. The first kappa shape index (κ1) is 17.6. The van der Waals surface area contributed by atoms with Crippen molar-refractivity contribution in [1.82, 2.24) is 15.2 Å². The number of nitrogens with one attached hydrogen (secondary N) is 1. The van der Waals surface area contributed by atoms with Crippen molar-refractivity contribution in [3.63, 3.8) is 0 Å². The summed E-state index contributed by atoms with van der Waals surface area (Å²) in [6, 6.07) is 12.8. The molecule has 0 amide bonds. The molecule has 5 nitrogen and oxygen atoms in total. The fraction of sp³-hybridized carbons (Fsp3) is 0.167. The van der Waals surface area contributed by atoms with Crippen molar-refractivity contribution in [2.24, 2.45) is 0 Å². The van der Waals surface area contributed by atoms with E-state index < -0.39 is 28.8 Å². The molecule has 0 saturated carbocycles. The number of nitrogens with zero attached hydrogens (tertiary/aromatic N) is 2. The van der Waals surface area contributed by atoms with Crippen molar-refractivity contribution in [2.75, 3.05) is 0 Å². The first-order valence-corrected chi connectivity index (χ1v) is 8.73. The van der Waals surface area contributed by atoms with Gasteiger partial charge in [0.15, 0.2) is 0 Å². The van der Waals surface area contributed by atoms with Crippen LogP contribution in [-0.4, -0.2) is 26.5 Å². The number of aromatic nitrogens is 3. The zero-order chi connectivity index (χ0) is 19.2. The van der Waals surface area contributed by atoms with Crippen LogP contribution in [0.4, 0.5) is 13.2 Å². The molecule has 138 valence electrons. The van der Waals surface area contributed by atoms with Gasteiger partial charge >= 0.3 is 6.18 Å². The summed E-state index contributed by atoms with van der Waals surface area (Å²) in [6.45, 7) is 0. The zero-order valence-corrected chi connectivity index (χ0v) is 14.4. The van der Waals surface area contributed by atoms with E-state index in [0.29, 0.717) is 10.2 Å². The summed E-state index contributed by atoms with van der Waals surface area (Å²) < 4.78 is 42.2. The largest absolute Gasteiger partial charge is 0.424 e. The van der Waals surface area contributed by atoms with E-state index in [0.717, 1.165) is 11.3 Å². The molecule has 4 rings (SSSR count). The molecule has 0 radical (unpaired) electrons. The van der Waals surface area contributed by atoms with Gasteiger partial charge in [-0.2, -0.15) is 18.3 Å². The van der Waals surface area contributed by atoms with Gasteiger partial charge in [0.2, 0.25) is 5.60 Å². The Morgan fingerprint density at radius 3 is 2.41 bits per heavy atom. The second kappa shape index (κ2) is 6.14. The molecule has 27 heavy (non-hydrogen) atoms. The number of alkyl halides is 3. The first-order chi connectivity index (χ1) is 12.8. The second-order valence-electron chi connectivity index (χ2n) is 6.07. The molecule has 9 heteroatoms. The molecule has 0 aliphatic heterocycles. The lowest BCUT2D eigenvalue weighted by Crippen LogP contribution is -2.44. The molecule has 1 unspecified atom stereocenters. The van der Waals surface area contributed by atoms with Gasteiger partial charge in [-0.05, 0) is 18.2 Å². The Labute approximate surface area is 154 Å². The van der Waals surface area contributed by atoms with E-state index in [-0.39, 0.29) is 16.5 Å². The minimum absolute atomic E-state index is 0.0655. The van der Waals surface area contributed by atoms with Crippen molar-refractivity contribution in [2.45, 2.75) is 18.2 Å². The van der Waals surface area contributed by atoms with Crippen molar-refractivity contribution < 1.29 is 18.3 Å². The molecule has 2 N–H and O–H groups in total. The minimum Gasteiger partial charge on any atom is -0.374 e. The van der Waals surface area contributed by atoms with E-state index in [2.05, 4.69) is 15.2 Å². The molecule has 2 aromatic carbocycles. The number of benzene rings is 2. The third-order valence-electron chi connectivity index (χ3n) is 4.31. The summed E-state index contributed by atoms with van der Waals surface area (Å²) in [7, 11) is 0. The average molecular weight is 391 g/mol. The van der Waals surface area contributed by atoms with Gasteiger partial charge in [0.1, 0.15) is 5.01 Å². The van der Waals surface area contributed by atoms with Crippen LogP contribution in [0.5, 0.6) is 0 Å². The van der Waals surface area contributed by atoms with E-state index in [1.54, 1.807) is 36.4 Å². The van der Waals surface area contributed by atoms with E-state index in [9.17, 15) is 23.1 Å². The Morgan fingerprint density at radius 1 is 1.04 bits per heavy atom. The molecule has 1 atom stereocenters. The van der Waals surface area contributed by atoms with Crippen LogP contribution in [-0.2, 0) is 12.0 Å². The number of halogens is 3. The highest BCUT2D eigenvalue weighted by Crippen LogP contribution is 2.44. The maximum atomic E-state index is 13.9. The maximum Gasteiger partial charge on any atom is 0.424 e. The Hall–Kier alpha value is -2.78. The smallest absolute Gasteiger partial charge is 0.374 e. The van der Waals surface area contributed by atoms with Crippen LogP contribution >= 0.6 is 11.3 Å². The van der Waals surface area contributed by atoms with Gasteiger partial charge in [-0.1, -0.05) is 30.3 Å². The zero-order valence-electron chi connectivity index (χ0n) is 13.6. The van der Waals surface area contributed by atoms with Crippen LogP contribution in [0.15, 0.2) is 53.3 Å². The first-order valence-electron chi connectivity index (χ1n) is 7.91. The van der Waals surface area contributed by atoms with Crippen LogP contribution in [0, 0.1) is 0 Å². The second-order valence-corrected chi connectivity index (χ2v) is 7.10. The summed E-state index contributed by atoms with van der Waals surface area (Å²) in [6.07, 6.45) is -5.85. The number of para-hydroxylation sites is 1. The minimum atomic E-state index is -4.99. The predicted molar refractivity (Wildman–Crippen MR) is 95.6 cm³/mol. The number of hydrogen-bond donors (Lipinski definition) is 2. The number of H-pyrrole nitrogens is 1. The van der Waals surface area contributed by atoms with Gasteiger partial charge in [0, 0.05) is 11.8 Å². The van der Waals surface area contributed by atoms with E-state index >= 15 is 0 Å². The van der Waals surface area contributed by atoms with Gasteiger partial charge in [-0.3, -0.25) is 4.79 Å². The summed E-state index contributed by atoms with van der Waals surface area (Å²) in [5.74, 6) is 0. The van der Waals surface area contributed by atoms with Gasteiger partial charge in [0.25, 0.3) is 5.56 Å². The maximum absolute atomic E-state index is 13.9. The Bertz CT molecular complexity index is 1170. The predicted octanol–water partition coefficient (Wildman–Crippen LogP) is 3.53. The lowest BCUT2D eigenvalue weighted by Gasteiger charge is -2.28. The molecule has 4 aromatic rings. The number of aromatic amines is 1. The van der Waals surface area contributed by atoms with Crippen LogP contribution in [0.25, 0.3) is 21.0 Å². The number of aliphatic hydroxyl groups is 1. The summed E-state index contributed by atoms with van der Waals surface area (Å²) in [5.41, 5.74) is -3.43. The summed E-state index contributed by atoms with van der Waals surface area (Å²) >= 11 is 0.778. The summed E-state index contributed by atoms with van der Waals surface area (Å²) in [4.78, 5) is 15.9. The highest BCUT2D eigenvalue weighted by atomic mass is 32.1. The molecule has 0 aliphatic carbocycles. The number of fused-ring (bicyclic) bond motifs is 2. The summed E-state index contributed by atoms with van der Waals surface area (Å²) in [5, 5.41) is 16.6. The van der Waals surface area contributed by atoms with E-state index in [1.165, 1.54) is 12.1 Å². The van der Waals surface area contributed by atoms with Crippen LogP contribution in [0.2, 0.25) is 0 Å². The van der Waals surface area contributed by atoms with Gasteiger partial charge in [0.05, 0.1) is 21.3 Å². The van der Waals surface area contributed by atoms with Crippen molar-refractivity contribution in [3.8, 4) is 0 Å². The van der Waals surface area contributed by atoms with E-state index in [1.807, 2.05) is 0 Å². The highest BCUT2D eigenvalue weighted by Gasteiger charge is 2.57. The fourth-order valence-electron chi connectivity index (χ4n) is 2.89. The van der Waals surface area contributed by atoms with Crippen molar-refractivity contribution in [1.29, 1.82) is 0 Å². The van der Waals surface area contributed by atoms with Crippen LogP contribution < -0.4 is 5.56 Å². The van der Waals surface area contributed by atoms with E-state index in [4.69, 9.17) is 0 Å². The van der Waals surface area contributed by atoms with Crippen LogP contribution in [0.3, 0.4) is 0 Å². The molecule has 0 aliphatic rings. The Morgan fingerprint density at radius 2 is 1.70 bits per heavy atom. The molecule has 0 spiro atoms. The molecular formula is C18H12F3N3O2S. The SMILES string of the molecule is O=c1[nH]nc(CC(O)(c2nc3ccccc3s2)C(F)(F)F)c2ccccc12. The van der Waals surface area contributed by atoms with Gasteiger partial charge < -0.3 is 5.11 Å². The number of hydrogen-bond acceptors (Lipinski definition) is 5. The number of thiazole rings is 1. The highest BCUT2D eigenvalue weighted by molar-refractivity contribution is 7.18. The molecule has 0 fully saturated rings. The van der Waals surface area contributed by atoms with Crippen LogP contribution in [0.1, 0.15) is 10.7 Å². The monoisotopic (exact) mass is 391 g/mol. The lowest BCUT2D eigenvalue weighted by molar-refractivity contribution is -0.266. The normalized spacial score (nSPS) is 14.5. The van der Waals surface area contributed by atoms with Crippen molar-refractivity contribution >= 4 is 32.3 Å². The third-order valence-corrected chi connectivity index (χ3v) is 5.50. The van der Waals surface area contributed by atoms with Gasteiger partial charge in [-0.25, -0.2) is 10.1 Å². The lowest BCUT2D eigenvalue weighted by atomic mass is 9.95. The topological polar surface area (TPSA) is 78.9 Å². The molecule has 2 aromatic heterocycles. The molecule has 0 bridgehead atoms. The standard InChI is InChI=1S/C18H12F3N3O2S/c19-18(20,21)17(26,16-22-12-7-3-4-8-14(12)27-16)9-13-10-5-1-2-6-11(10)15(25)24-23-13/h1-8,26H,9H2,(H,24,25). The fourth-order valence-corrected chi connectivity index (χ4v) is 3.97. The Balaban J connectivity index is 1.89. The van der Waals surface area contributed by atoms with Crippen molar-refractivity contribution in [3.05, 3.63) is 69.6 Å². The third kappa shape index (κ3) is 2.88. The molecule has 2 heterocycles.